The highest BCUT2D eigenvalue weighted by Crippen LogP contribution is 2.32. The topological polar surface area (TPSA) is 72.0 Å². The van der Waals surface area contributed by atoms with Gasteiger partial charge in [0.25, 0.3) is 0 Å². The van der Waals surface area contributed by atoms with Crippen molar-refractivity contribution in [1.29, 1.82) is 0 Å². The van der Waals surface area contributed by atoms with Gasteiger partial charge in [-0.15, -0.1) is 0 Å². The molecule has 1 rings (SSSR count). The first kappa shape index (κ1) is 18.0. The third-order valence-corrected chi connectivity index (χ3v) is 3.91. The summed E-state index contributed by atoms with van der Waals surface area (Å²) < 4.78 is 59.9. The molecule has 0 aliphatic carbocycles. The van der Waals surface area contributed by atoms with E-state index in [0.717, 1.165) is 6.26 Å². The second-order valence-electron chi connectivity index (χ2n) is 4.61. The van der Waals surface area contributed by atoms with Crippen LogP contribution in [0.1, 0.15) is 31.7 Å². The molecule has 0 fully saturated rings. The number of hydrogen-bond donors (Lipinski definition) is 1. The highest BCUT2D eigenvalue weighted by atomic mass is 35.5. The number of sulfone groups is 1. The van der Waals surface area contributed by atoms with Gasteiger partial charge in [0.15, 0.2) is 0 Å². The number of nitrogens with zero attached hydrogens (tertiary/aromatic N) is 2. The second kappa shape index (κ2) is 6.35. The van der Waals surface area contributed by atoms with Gasteiger partial charge in [-0.3, -0.25) is 0 Å². The van der Waals surface area contributed by atoms with Crippen LogP contribution in [0.2, 0.25) is 5.15 Å². The zero-order valence-corrected chi connectivity index (χ0v) is 13.2. The third kappa shape index (κ3) is 4.99. The lowest BCUT2D eigenvalue weighted by Gasteiger charge is -2.18. The molecule has 1 aromatic heterocycles. The van der Waals surface area contributed by atoms with E-state index >= 15 is 0 Å². The molecule has 10 heteroatoms. The number of anilines is 1. The predicted octanol–water partition coefficient (Wildman–Crippen LogP) is 3.02. The van der Waals surface area contributed by atoms with E-state index < -0.39 is 27.7 Å². The average molecular weight is 346 g/mol. The molecule has 1 aromatic rings. The Morgan fingerprint density at radius 3 is 2.33 bits per heavy atom. The molecule has 0 saturated heterocycles. The summed E-state index contributed by atoms with van der Waals surface area (Å²) >= 11 is 5.93. The molecule has 1 atom stereocenters. The molecule has 120 valence electrons. The van der Waals surface area contributed by atoms with Crippen molar-refractivity contribution < 1.29 is 21.6 Å². The molecule has 1 N–H and O–H groups in total. The highest BCUT2D eigenvalue weighted by Gasteiger charge is 2.29. The monoisotopic (exact) mass is 345 g/mol. The summed E-state index contributed by atoms with van der Waals surface area (Å²) in [6.07, 6.45) is -3.02. The van der Waals surface area contributed by atoms with E-state index in [1.54, 1.807) is 6.92 Å². The van der Waals surface area contributed by atoms with Crippen LogP contribution in [0, 0.1) is 0 Å². The van der Waals surface area contributed by atoms with Crippen LogP contribution in [0.15, 0.2) is 5.16 Å². The molecule has 0 aromatic carbocycles. The molecule has 1 unspecified atom stereocenters. The molecule has 21 heavy (non-hydrogen) atoms. The number of rotatable bonds is 5. The highest BCUT2D eigenvalue weighted by molar-refractivity contribution is 7.90. The van der Waals surface area contributed by atoms with E-state index in [0.29, 0.717) is 6.42 Å². The maximum absolute atomic E-state index is 12.3. The normalized spacial score (nSPS) is 14.0. The summed E-state index contributed by atoms with van der Waals surface area (Å²) in [5, 5.41) is 1.33. The molecule has 0 aliphatic heterocycles. The summed E-state index contributed by atoms with van der Waals surface area (Å²) in [6.45, 7) is 2.22. The van der Waals surface area contributed by atoms with Gasteiger partial charge in [-0.05, 0) is 12.3 Å². The molecule has 0 saturated carbocycles. The zero-order chi connectivity index (χ0) is 16.4. The van der Waals surface area contributed by atoms with Crippen molar-refractivity contribution in [1.82, 2.24) is 9.97 Å². The first-order valence-corrected chi connectivity index (χ1v) is 8.30. The van der Waals surface area contributed by atoms with E-state index in [1.807, 2.05) is 6.92 Å². The molecule has 0 radical (unpaired) electrons. The Balaban J connectivity index is 3.36. The van der Waals surface area contributed by atoms with Crippen molar-refractivity contribution in [2.75, 3.05) is 18.1 Å². The van der Waals surface area contributed by atoms with Crippen LogP contribution in [-0.2, 0) is 9.84 Å². The van der Waals surface area contributed by atoms with Crippen LogP contribution in [0.25, 0.3) is 0 Å². The lowest BCUT2D eigenvalue weighted by molar-refractivity contribution is -0.115. The average Bonchev–Trinajstić information content (AvgIpc) is 2.32. The number of aromatic nitrogens is 2. The minimum Gasteiger partial charge on any atom is -0.361 e. The quantitative estimate of drug-likeness (QED) is 0.656. The first-order valence-electron chi connectivity index (χ1n) is 6.03. The SMILES string of the molecule is CCC(C)c1c(Cl)nc(S(C)(=O)=O)nc1NCC(F)(F)F. The zero-order valence-electron chi connectivity index (χ0n) is 11.6. The Kier molecular flexibility index (Phi) is 5.43. The van der Waals surface area contributed by atoms with Crippen molar-refractivity contribution in [2.45, 2.75) is 37.5 Å². The molecule has 0 aliphatic rings. The summed E-state index contributed by atoms with van der Waals surface area (Å²) in [6, 6.07) is 0. The van der Waals surface area contributed by atoms with Crippen molar-refractivity contribution in [3.05, 3.63) is 10.7 Å². The fourth-order valence-electron chi connectivity index (χ4n) is 1.55. The summed E-state index contributed by atoms with van der Waals surface area (Å²) in [5.74, 6) is -0.427. The van der Waals surface area contributed by atoms with Crippen molar-refractivity contribution in [3.63, 3.8) is 0 Å². The standard InChI is InChI=1S/C11H15ClF3N3O2S/c1-4-6(2)7-8(12)17-10(21(3,19)20)18-9(7)16-5-11(13,14)15/h6H,4-5H2,1-3H3,(H,16,17,18). The second-order valence-corrected chi connectivity index (χ2v) is 6.88. The Bertz CT molecular complexity index is 620. The predicted molar refractivity (Wildman–Crippen MR) is 73.4 cm³/mol. The molecular weight excluding hydrogens is 331 g/mol. The van der Waals surface area contributed by atoms with Gasteiger partial charge >= 0.3 is 6.18 Å². The van der Waals surface area contributed by atoms with E-state index in [1.165, 1.54) is 0 Å². The first-order chi connectivity index (χ1) is 9.45. The number of halogens is 4. The van der Waals surface area contributed by atoms with Crippen LogP contribution < -0.4 is 5.32 Å². The minimum atomic E-state index is -4.46. The third-order valence-electron chi connectivity index (χ3n) is 2.77. The van der Waals surface area contributed by atoms with Crippen molar-refractivity contribution in [3.8, 4) is 0 Å². The van der Waals surface area contributed by atoms with Gasteiger partial charge in [-0.25, -0.2) is 18.4 Å². The maximum atomic E-state index is 12.3. The van der Waals surface area contributed by atoms with E-state index in [-0.39, 0.29) is 22.5 Å². The summed E-state index contributed by atoms with van der Waals surface area (Å²) in [4.78, 5) is 7.35. The van der Waals surface area contributed by atoms with Gasteiger partial charge in [0, 0.05) is 11.8 Å². The van der Waals surface area contributed by atoms with Gasteiger partial charge in [-0.2, -0.15) is 13.2 Å². The van der Waals surface area contributed by atoms with Gasteiger partial charge < -0.3 is 5.32 Å². The van der Waals surface area contributed by atoms with Crippen molar-refractivity contribution in [2.24, 2.45) is 0 Å². The van der Waals surface area contributed by atoms with Crippen LogP contribution in [-0.4, -0.2) is 37.4 Å². The van der Waals surface area contributed by atoms with E-state index in [2.05, 4.69) is 15.3 Å². The maximum Gasteiger partial charge on any atom is 0.405 e. The van der Waals surface area contributed by atoms with Crippen LogP contribution in [0.5, 0.6) is 0 Å². The van der Waals surface area contributed by atoms with E-state index in [4.69, 9.17) is 11.6 Å². The lowest BCUT2D eigenvalue weighted by atomic mass is 10.0. The molecule has 1 heterocycles. The van der Waals surface area contributed by atoms with Gasteiger partial charge in [0.1, 0.15) is 17.5 Å². The smallest absolute Gasteiger partial charge is 0.361 e. The Labute approximate surface area is 125 Å². The Hall–Kier alpha value is -1.09. The van der Waals surface area contributed by atoms with Gasteiger partial charge in [-0.1, -0.05) is 25.4 Å². The Morgan fingerprint density at radius 1 is 1.33 bits per heavy atom. The summed E-state index contributed by atoms with van der Waals surface area (Å²) in [7, 11) is -3.78. The van der Waals surface area contributed by atoms with Gasteiger partial charge in [0.05, 0.1) is 0 Å². The molecular formula is C11H15ClF3N3O2S. The molecule has 0 bridgehead atoms. The lowest BCUT2D eigenvalue weighted by Crippen LogP contribution is -2.23. The van der Waals surface area contributed by atoms with Crippen LogP contribution in [0.3, 0.4) is 0 Å². The fraction of sp³-hybridized carbons (Fsp3) is 0.636. The van der Waals surface area contributed by atoms with Crippen LogP contribution >= 0.6 is 11.6 Å². The fourth-order valence-corrected chi connectivity index (χ4v) is 2.47. The Morgan fingerprint density at radius 2 is 1.90 bits per heavy atom. The summed E-state index contributed by atoms with van der Waals surface area (Å²) in [5.41, 5.74) is 0.274. The van der Waals surface area contributed by atoms with Gasteiger partial charge in [0.2, 0.25) is 15.0 Å². The number of hydrogen-bond acceptors (Lipinski definition) is 5. The van der Waals surface area contributed by atoms with Crippen molar-refractivity contribution >= 4 is 27.3 Å². The largest absolute Gasteiger partial charge is 0.405 e. The number of alkyl halides is 3. The van der Waals surface area contributed by atoms with Crippen LogP contribution in [0.4, 0.5) is 19.0 Å². The number of nitrogens with one attached hydrogen (secondary N) is 1. The minimum absolute atomic E-state index is 0.163. The molecule has 0 spiro atoms. The molecule has 5 nitrogen and oxygen atoms in total. The van der Waals surface area contributed by atoms with E-state index in [9.17, 15) is 21.6 Å². The molecule has 0 amide bonds.